The molecule has 0 saturated carbocycles. The highest BCUT2D eigenvalue weighted by atomic mass is 16.5. The molecule has 0 aliphatic heterocycles. The molecule has 1 aromatic carbocycles. The van der Waals surface area contributed by atoms with Crippen molar-refractivity contribution in [3.05, 3.63) is 36.0 Å². The van der Waals surface area contributed by atoms with Crippen molar-refractivity contribution in [2.45, 2.75) is 13.3 Å². The Bertz CT molecular complexity index is 601. The third kappa shape index (κ3) is 2.20. The van der Waals surface area contributed by atoms with Crippen LogP contribution in [-0.2, 0) is 16.0 Å². The molecular weight excluding hydrogens is 232 g/mol. The van der Waals surface area contributed by atoms with E-state index in [4.69, 9.17) is 10.5 Å². The minimum absolute atomic E-state index is 0.134. The number of aromatic nitrogens is 1. The molecule has 0 fully saturated rings. The molecule has 0 saturated heterocycles. The van der Waals surface area contributed by atoms with E-state index in [1.54, 1.807) is 19.2 Å². The number of amides is 1. The van der Waals surface area contributed by atoms with Crippen LogP contribution < -0.4 is 5.73 Å². The molecule has 0 atom stereocenters. The summed E-state index contributed by atoms with van der Waals surface area (Å²) in [5.74, 6) is -0.315. The highest BCUT2D eigenvalue weighted by molar-refractivity contribution is 5.94. The molecule has 2 N–H and O–H groups in total. The lowest BCUT2D eigenvalue weighted by Crippen LogP contribution is -2.18. The first-order valence-electron chi connectivity index (χ1n) is 5.68. The maximum Gasteiger partial charge on any atom is 0.323 e. The SMILES string of the molecule is CCOC(=O)Cc1cn(C(N)=O)c2ccccc12. The van der Waals surface area contributed by atoms with E-state index < -0.39 is 6.03 Å². The van der Waals surface area contributed by atoms with Gasteiger partial charge in [0.05, 0.1) is 18.5 Å². The normalized spacial score (nSPS) is 10.5. The van der Waals surface area contributed by atoms with Crippen LogP contribution in [-0.4, -0.2) is 23.2 Å². The van der Waals surface area contributed by atoms with Crippen molar-refractivity contribution in [1.29, 1.82) is 0 Å². The molecule has 94 valence electrons. The Balaban J connectivity index is 2.45. The number of hydrogen-bond donors (Lipinski definition) is 1. The third-order valence-electron chi connectivity index (χ3n) is 2.67. The van der Waals surface area contributed by atoms with E-state index in [9.17, 15) is 9.59 Å². The fourth-order valence-corrected chi connectivity index (χ4v) is 1.94. The summed E-state index contributed by atoms with van der Waals surface area (Å²) < 4.78 is 6.24. The van der Waals surface area contributed by atoms with Crippen LogP contribution in [0.25, 0.3) is 10.9 Å². The number of nitrogens with zero attached hydrogens (tertiary/aromatic N) is 1. The van der Waals surface area contributed by atoms with Crippen LogP contribution in [0.1, 0.15) is 12.5 Å². The number of carbonyl (C=O) groups is 2. The summed E-state index contributed by atoms with van der Waals surface area (Å²) in [4.78, 5) is 22.8. The van der Waals surface area contributed by atoms with Crippen LogP contribution in [0, 0.1) is 0 Å². The van der Waals surface area contributed by atoms with Gasteiger partial charge in [0.2, 0.25) is 0 Å². The first-order chi connectivity index (χ1) is 8.63. The minimum atomic E-state index is -0.568. The Morgan fingerprint density at radius 2 is 2.06 bits per heavy atom. The number of rotatable bonds is 3. The molecule has 18 heavy (non-hydrogen) atoms. The van der Waals surface area contributed by atoms with Gasteiger partial charge in [0.15, 0.2) is 0 Å². The minimum Gasteiger partial charge on any atom is -0.466 e. The summed E-state index contributed by atoms with van der Waals surface area (Å²) in [6.07, 6.45) is 1.72. The fourth-order valence-electron chi connectivity index (χ4n) is 1.94. The number of primary amides is 1. The lowest BCUT2D eigenvalue weighted by Gasteiger charge is -1.99. The van der Waals surface area contributed by atoms with Crippen molar-refractivity contribution in [3.63, 3.8) is 0 Å². The van der Waals surface area contributed by atoms with E-state index >= 15 is 0 Å². The van der Waals surface area contributed by atoms with Crippen LogP contribution in [0.5, 0.6) is 0 Å². The average molecular weight is 246 g/mol. The maximum absolute atomic E-state index is 11.5. The lowest BCUT2D eigenvalue weighted by atomic mass is 10.1. The van der Waals surface area contributed by atoms with E-state index in [1.807, 2.05) is 18.2 Å². The molecule has 0 aliphatic carbocycles. The van der Waals surface area contributed by atoms with E-state index in [1.165, 1.54) is 4.57 Å². The molecule has 2 aromatic rings. The Labute approximate surface area is 104 Å². The zero-order valence-corrected chi connectivity index (χ0v) is 10.1. The molecular formula is C13H14N2O3. The van der Waals surface area contributed by atoms with Crippen LogP contribution in [0.15, 0.2) is 30.5 Å². The van der Waals surface area contributed by atoms with E-state index in [0.717, 1.165) is 10.9 Å². The van der Waals surface area contributed by atoms with Crippen LogP contribution in [0.4, 0.5) is 4.79 Å². The summed E-state index contributed by atoms with van der Waals surface area (Å²) >= 11 is 0. The second-order valence-corrected chi connectivity index (χ2v) is 3.86. The number of para-hydroxylation sites is 1. The summed E-state index contributed by atoms with van der Waals surface area (Å²) in [5.41, 5.74) is 6.73. The van der Waals surface area contributed by atoms with Gasteiger partial charge in [-0.2, -0.15) is 0 Å². The number of hydrogen-bond acceptors (Lipinski definition) is 3. The molecule has 5 heteroatoms. The highest BCUT2D eigenvalue weighted by Crippen LogP contribution is 2.21. The molecule has 5 nitrogen and oxygen atoms in total. The predicted molar refractivity (Wildman–Crippen MR) is 67.3 cm³/mol. The van der Waals surface area contributed by atoms with Crippen molar-refractivity contribution in [2.75, 3.05) is 6.61 Å². The van der Waals surface area contributed by atoms with Gasteiger partial charge in [0.25, 0.3) is 0 Å². The number of benzene rings is 1. The van der Waals surface area contributed by atoms with Gasteiger partial charge in [-0.3, -0.25) is 9.36 Å². The van der Waals surface area contributed by atoms with Crippen LogP contribution in [0.3, 0.4) is 0 Å². The van der Waals surface area contributed by atoms with E-state index in [-0.39, 0.29) is 12.4 Å². The van der Waals surface area contributed by atoms with Gasteiger partial charge in [-0.1, -0.05) is 18.2 Å². The fraction of sp³-hybridized carbons (Fsp3) is 0.231. The molecule has 0 spiro atoms. The van der Waals surface area contributed by atoms with Gasteiger partial charge < -0.3 is 10.5 Å². The first kappa shape index (κ1) is 12.2. The second kappa shape index (κ2) is 4.91. The van der Waals surface area contributed by atoms with Crippen molar-refractivity contribution in [1.82, 2.24) is 4.57 Å². The van der Waals surface area contributed by atoms with Crippen molar-refractivity contribution < 1.29 is 14.3 Å². The first-order valence-corrected chi connectivity index (χ1v) is 5.68. The molecule has 0 aliphatic rings. The van der Waals surface area contributed by atoms with Gasteiger partial charge in [-0.05, 0) is 18.6 Å². The zero-order chi connectivity index (χ0) is 13.1. The average Bonchev–Trinajstić information content (AvgIpc) is 2.69. The molecule has 2 rings (SSSR count). The molecule has 1 amide bonds. The summed E-state index contributed by atoms with van der Waals surface area (Å²) in [7, 11) is 0. The Kier molecular flexibility index (Phi) is 3.32. The smallest absolute Gasteiger partial charge is 0.323 e. The van der Waals surface area contributed by atoms with Gasteiger partial charge in [0.1, 0.15) is 0 Å². The summed E-state index contributed by atoms with van der Waals surface area (Å²) in [6.45, 7) is 2.10. The standard InChI is InChI=1S/C13H14N2O3/c1-2-18-12(16)7-9-8-15(13(14)17)11-6-4-3-5-10(9)11/h3-6,8H,2,7H2,1H3,(H2,14,17). The molecule has 0 radical (unpaired) electrons. The van der Waals surface area contributed by atoms with Crippen LogP contribution >= 0.6 is 0 Å². The largest absolute Gasteiger partial charge is 0.466 e. The van der Waals surface area contributed by atoms with Crippen LogP contribution in [0.2, 0.25) is 0 Å². The van der Waals surface area contributed by atoms with Crippen molar-refractivity contribution in [3.8, 4) is 0 Å². The Morgan fingerprint density at radius 3 is 2.72 bits per heavy atom. The summed E-state index contributed by atoms with van der Waals surface area (Å²) in [5, 5.41) is 0.837. The number of ether oxygens (including phenoxy) is 1. The monoisotopic (exact) mass is 246 g/mol. The quantitative estimate of drug-likeness (QED) is 0.837. The highest BCUT2D eigenvalue weighted by Gasteiger charge is 2.14. The Morgan fingerprint density at radius 1 is 1.33 bits per heavy atom. The number of fused-ring (bicyclic) bond motifs is 1. The predicted octanol–water partition coefficient (Wildman–Crippen LogP) is 1.67. The summed E-state index contributed by atoms with van der Waals surface area (Å²) in [6, 6.07) is 6.73. The van der Waals surface area contributed by atoms with Crippen molar-refractivity contribution in [2.24, 2.45) is 5.73 Å². The van der Waals surface area contributed by atoms with E-state index in [2.05, 4.69) is 0 Å². The van der Waals surface area contributed by atoms with E-state index in [0.29, 0.717) is 12.1 Å². The molecule has 0 unspecified atom stereocenters. The second-order valence-electron chi connectivity index (χ2n) is 3.86. The molecule has 0 bridgehead atoms. The third-order valence-corrected chi connectivity index (χ3v) is 2.67. The Hall–Kier alpha value is -2.30. The number of esters is 1. The van der Waals surface area contributed by atoms with Gasteiger partial charge in [-0.25, -0.2) is 4.79 Å². The molecule has 1 aromatic heterocycles. The maximum atomic E-state index is 11.5. The van der Waals surface area contributed by atoms with Gasteiger partial charge >= 0.3 is 12.0 Å². The molecule has 1 heterocycles. The van der Waals surface area contributed by atoms with Gasteiger partial charge in [0, 0.05) is 11.6 Å². The topological polar surface area (TPSA) is 74.3 Å². The zero-order valence-electron chi connectivity index (χ0n) is 10.1. The lowest BCUT2D eigenvalue weighted by molar-refractivity contribution is -0.142. The number of carbonyl (C=O) groups excluding carboxylic acids is 2. The number of nitrogens with two attached hydrogens (primary N) is 1. The van der Waals surface area contributed by atoms with Crippen molar-refractivity contribution >= 4 is 22.9 Å². The van der Waals surface area contributed by atoms with Gasteiger partial charge in [-0.15, -0.1) is 0 Å².